The minimum absolute atomic E-state index is 0.0566. The van der Waals surface area contributed by atoms with Gasteiger partial charge in [0, 0.05) is 21.2 Å². The second kappa shape index (κ2) is 17.4. The number of hydrogen-bond acceptors (Lipinski definition) is 5. The summed E-state index contributed by atoms with van der Waals surface area (Å²) < 4.78 is 42.6. The zero-order valence-corrected chi connectivity index (χ0v) is 29.7. The molecule has 0 saturated carbocycles. The molecule has 260 valence electrons. The Hall–Kier alpha value is -4.14. The van der Waals surface area contributed by atoms with E-state index in [0.717, 1.165) is 27.8 Å². The molecular formula is C44H40ClFO4S. The van der Waals surface area contributed by atoms with Crippen LogP contribution in [0.5, 0.6) is 0 Å². The zero-order valence-electron chi connectivity index (χ0n) is 28.2. The number of ether oxygens (including phenoxy) is 4. The summed E-state index contributed by atoms with van der Waals surface area (Å²) in [4.78, 5) is 2.39. The van der Waals surface area contributed by atoms with Crippen molar-refractivity contribution >= 4 is 22.9 Å². The molecule has 0 radical (unpaired) electrons. The van der Waals surface area contributed by atoms with Crippen LogP contribution in [-0.2, 0) is 45.2 Å². The van der Waals surface area contributed by atoms with Gasteiger partial charge in [-0.2, -0.15) is 0 Å². The lowest BCUT2D eigenvalue weighted by molar-refractivity contribution is -0.248. The lowest BCUT2D eigenvalue weighted by Crippen LogP contribution is -2.55. The fourth-order valence-corrected chi connectivity index (χ4v) is 7.62. The fourth-order valence-electron chi connectivity index (χ4n) is 6.40. The monoisotopic (exact) mass is 718 g/mol. The van der Waals surface area contributed by atoms with Crippen LogP contribution >= 0.6 is 22.9 Å². The first-order valence-electron chi connectivity index (χ1n) is 17.3. The molecule has 7 rings (SSSR count). The van der Waals surface area contributed by atoms with Gasteiger partial charge >= 0.3 is 0 Å². The van der Waals surface area contributed by atoms with Crippen LogP contribution in [0.2, 0.25) is 5.02 Å². The Kier molecular flexibility index (Phi) is 12.0. The van der Waals surface area contributed by atoms with E-state index >= 15 is 4.39 Å². The third kappa shape index (κ3) is 9.21. The number of halogens is 2. The highest BCUT2D eigenvalue weighted by Gasteiger charge is 2.48. The average molecular weight is 719 g/mol. The Morgan fingerprint density at radius 2 is 1.20 bits per heavy atom. The summed E-state index contributed by atoms with van der Waals surface area (Å²) in [6.45, 7) is 0.908. The van der Waals surface area contributed by atoms with E-state index in [1.54, 1.807) is 11.3 Å². The first-order chi connectivity index (χ1) is 25.1. The molecule has 0 aliphatic carbocycles. The molecular weight excluding hydrogens is 679 g/mol. The normalized spacial score (nSPS) is 20.3. The van der Waals surface area contributed by atoms with Gasteiger partial charge in [-0.1, -0.05) is 145 Å². The summed E-state index contributed by atoms with van der Waals surface area (Å²) in [6, 6.07) is 50.1. The topological polar surface area (TPSA) is 36.9 Å². The van der Waals surface area contributed by atoms with E-state index in [1.807, 2.05) is 121 Å². The molecule has 1 aliphatic rings. The highest BCUT2D eigenvalue weighted by Crippen LogP contribution is 2.40. The van der Waals surface area contributed by atoms with E-state index < -0.39 is 30.6 Å². The van der Waals surface area contributed by atoms with Gasteiger partial charge in [0.2, 0.25) is 0 Å². The smallest absolute Gasteiger partial charge is 0.157 e. The Morgan fingerprint density at radius 1 is 0.627 bits per heavy atom. The molecule has 0 spiro atoms. The van der Waals surface area contributed by atoms with Crippen molar-refractivity contribution < 1.29 is 23.3 Å². The van der Waals surface area contributed by atoms with Crippen molar-refractivity contribution in [3.63, 3.8) is 0 Å². The van der Waals surface area contributed by atoms with Gasteiger partial charge in [-0.15, -0.1) is 11.3 Å². The van der Waals surface area contributed by atoms with Crippen LogP contribution in [0.1, 0.15) is 38.8 Å². The number of benzene rings is 5. The minimum Gasteiger partial charge on any atom is -0.374 e. The van der Waals surface area contributed by atoms with E-state index in [9.17, 15) is 0 Å². The standard InChI is InChI=1S/C44H40ClFO4S/c45-38-23-21-35(25-36(38)26-37-22-24-40(51-37)34-19-11-4-12-20-34)42-44(49-29-33-17-9-3-10-18-33)43(48-28-32-15-7-2-8-16-32)41(46)39(50-42)30-47-27-31-13-5-1-6-14-31/h1-25,39,41-44H,26-30H2/t39?,41-,42?,43+,44+/m1/s1. The first-order valence-corrected chi connectivity index (χ1v) is 18.4. The molecule has 5 atom stereocenters. The summed E-state index contributed by atoms with van der Waals surface area (Å²) in [5.41, 5.74) is 5.93. The van der Waals surface area contributed by atoms with Crippen molar-refractivity contribution in [2.45, 2.75) is 56.8 Å². The molecule has 6 aromatic rings. The molecule has 1 aromatic heterocycles. The molecule has 4 nitrogen and oxygen atoms in total. The summed E-state index contributed by atoms with van der Waals surface area (Å²) >= 11 is 8.59. The van der Waals surface area contributed by atoms with Crippen LogP contribution in [0, 0.1) is 0 Å². The predicted octanol–water partition coefficient (Wildman–Crippen LogP) is 10.8. The van der Waals surface area contributed by atoms with Crippen molar-refractivity contribution in [2.75, 3.05) is 6.61 Å². The Balaban J connectivity index is 1.19. The Bertz CT molecular complexity index is 1940. The van der Waals surface area contributed by atoms with E-state index in [4.69, 9.17) is 30.5 Å². The van der Waals surface area contributed by atoms with Crippen LogP contribution < -0.4 is 0 Å². The summed E-state index contributed by atoms with van der Waals surface area (Å²) in [5, 5.41) is 0.661. The number of thiophene rings is 1. The minimum atomic E-state index is -1.50. The van der Waals surface area contributed by atoms with Gasteiger partial charge in [0.15, 0.2) is 6.17 Å². The van der Waals surface area contributed by atoms with Gasteiger partial charge < -0.3 is 18.9 Å². The van der Waals surface area contributed by atoms with Gasteiger partial charge in [-0.05, 0) is 51.6 Å². The van der Waals surface area contributed by atoms with Crippen molar-refractivity contribution in [3.05, 3.63) is 189 Å². The third-order valence-corrected chi connectivity index (χ3v) is 10.6. The van der Waals surface area contributed by atoms with Gasteiger partial charge in [0.05, 0.1) is 26.4 Å². The maximum atomic E-state index is 16.7. The molecule has 1 saturated heterocycles. The van der Waals surface area contributed by atoms with Crippen molar-refractivity contribution in [2.24, 2.45) is 0 Å². The summed E-state index contributed by atoms with van der Waals surface area (Å²) in [5.74, 6) is 0. The molecule has 2 heterocycles. The predicted molar refractivity (Wildman–Crippen MR) is 203 cm³/mol. The Morgan fingerprint density at radius 3 is 1.82 bits per heavy atom. The molecule has 0 bridgehead atoms. The van der Waals surface area contributed by atoms with Crippen molar-refractivity contribution in [1.82, 2.24) is 0 Å². The van der Waals surface area contributed by atoms with E-state index in [-0.39, 0.29) is 19.8 Å². The average Bonchev–Trinajstić information content (AvgIpc) is 3.65. The quantitative estimate of drug-likeness (QED) is 0.112. The molecule has 5 aromatic carbocycles. The Labute approximate surface area is 308 Å². The largest absolute Gasteiger partial charge is 0.374 e. The van der Waals surface area contributed by atoms with Gasteiger partial charge in [0.1, 0.15) is 24.4 Å². The van der Waals surface area contributed by atoms with Crippen LogP contribution in [0.25, 0.3) is 10.4 Å². The highest BCUT2D eigenvalue weighted by molar-refractivity contribution is 7.15. The second-order valence-electron chi connectivity index (χ2n) is 12.7. The molecule has 2 unspecified atom stereocenters. The van der Waals surface area contributed by atoms with E-state index in [0.29, 0.717) is 18.1 Å². The molecule has 0 N–H and O–H groups in total. The zero-order chi connectivity index (χ0) is 34.8. The molecule has 51 heavy (non-hydrogen) atoms. The molecule has 7 heteroatoms. The third-order valence-electron chi connectivity index (χ3n) is 9.06. The number of rotatable bonds is 14. The van der Waals surface area contributed by atoms with E-state index in [2.05, 4.69) is 30.3 Å². The SMILES string of the molecule is F[C@@H]1C(COCc2ccccc2)OC(c2ccc(Cl)c(Cc3ccc(-c4ccccc4)s3)c2)[C@H](OCc2ccccc2)[C@H]1OCc1ccccc1. The molecule has 1 fully saturated rings. The summed E-state index contributed by atoms with van der Waals surface area (Å²) in [7, 11) is 0. The maximum Gasteiger partial charge on any atom is 0.157 e. The molecule has 0 amide bonds. The maximum absolute atomic E-state index is 16.7. The van der Waals surface area contributed by atoms with Crippen LogP contribution in [0.15, 0.2) is 152 Å². The first kappa shape index (κ1) is 35.3. The van der Waals surface area contributed by atoms with Crippen molar-refractivity contribution in [3.8, 4) is 10.4 Å². The van der Waals surface area contributed by atoms with Gasteiger partial charge in [-0.3, -0.25) is 0 Å². The van der Waals surface area contributed by atoms with Crippen LogP contribution in [0.3, 0.4) is 0 Å². The highest BCUT2D eigenvalue weighted by atomic mass is 35.5. The van der Waals surface area contributed by atoms with Gasteiger partial charge in [-0.25, -0.2) is 4.39 Å². The van der Waals surface area contributed by atoms with E-state index in [1.165, 1.54) is 15.3 Å². The lowest BCUT2D eigenvalue weighted by Gasteiger charge is -2.44. The molecule has 1 aliphatic heterocycles. The second-order valence-corrected chi connectivity index (χ2v) is 14.3. The fraction of sp³-hybridized carbons (Fsp3) is 0.227. The van der Waals surface area contributed by atoms with Crippen LogP contribution in [0.4, 0.5) is 4.39 Å². The number of alkyl halides is 1. The number of hydrogen-bond donors (Lipinski definition) is 0. The van der Waals surface area contributed by atoms with Gasteiger partial charge in [0.25, 0.3) is 0 Å². The van der Waals surface area contributed by atoms with Crippen LogP contribution in [-0.4, -0.2) is 31.1 Å². The van der Waals surface area contributed by atoms with Crippen molar-refractivity contribution in [1.29, 1.82) is 0 Å². The lowest BCUT2D eigenvalue weighted by atomic mass is 9.90. The summed E-state index contributed by atoms with van der Waals surface area (Å²) in [6.07, 6.45) is -4.07.